The first-order valence-electron chi connectivity index (χ1n) is 9.98. The van der Waals surface area contributed by atoms with E-state index in [4.69, 9.17) is 27.3 Å². The monoisotopic (exact) mass is 491 g/mol. The highest BCUT2D eigenvalue weighted by atomic mass is 32.1. The lowest BCUT2D eigenvalue weighted by molar-refractivity contribution is -0.137. The molecule has 0 aliphatic carbocycles. The lowest BCUT2D eigenvalue weighted by Gasteiger charge is -2.30. The van der Waals surface area contributed by atoms with Crippen LogP contribution in [0.1, 0.15) is 25.0 Å². The van der Waals surface area contributed by atoms with Crippen molar-refractivity contribution in [1.29, 1.82) is 5.26 Å². The van der Waals surface area contributed by atoms with Gasteiger partial charge in [0.2, 0.25) is 0 Å². The zero-order chi connectivity index (χ0) is 25.3. The SMILES string of the molecule is CC1(C)C(=C=O)N(c2ccc(C#N)c(C(F)(F)F)c2)C(=S)N1c1ccc(OC[C@@H](O)CO)cc1. The molecule has 0 bridgehead atoms. The first-order valence-corrected chi connectivity index (χ1v) is 10.4. The average molecular weight is 491 g/mol. The van der Waals surface area contributed by atoms with E-state index in [0.717, 1.165) is 12.1 Å². The Bertz CT molecular complexity index is 1190. The van der Waals surface area contributed by atoms with E-state index in [-0.39, 0.29) is 23.1 Å². The van der Waals surface area contributed by atoms with Crippen LogP contribution in [0.3, 0.4) is 0 Å². The first-order chi connectivity index (χ1) is 15.9. The van der Waals surface area contributed by atoms with Crippen LogP contribution in [0.5, 0.6) is 5.75 Å². The zero-order valence-electron chi connectivity index (χ0n) is 18.1. The van der Waals surface area contributed by atoms with E-state index in [0.29, 0.717) is 11.4 Å². The van der Waals surface area contributed by atoms with Crippen LogP contribution in [0.15, 0.2) is 48.2 Å². The molecule has 2 N–H and O–H groups in total. The number of ether oxygens (including phenoxy) is 1. The van der Waals surface area contributed by atoms with E-state index >= 15 is 0 Å². The Hall–Kier alpha value is -3.42. The van der Waals surface area contributed by atoms with Crippen molar-refractivity contribution >= 4 is 34.6 Å². The molecule has 0 aromatic heterocycles. The number of halogens is 3. The second-order valence-corrected chi connectivity index (χ2v) is 8.31. The molecule has 3 rings (SSSR count). The third-order valence-electron chi connectivity index (χ3n) is 5.28. The minimum absolute atomic E-state index is 0.00160. The van der Waals surface area contributed by atoms with Gasteiger partial charge in [-0.25, -0.2) is 4.79 Å². The predicted molar refractivity (Wildman–Crippen MR) is 122 cm³/mol. The van der Waals surface area contributed by atoms with Gasteiger partial charge in [-0.05, 0) is 68.5 Å². The van der Waals surface area contributed by atoms with E-state index in [2.05, 4.69) is 0 Å². The number of aliphatic hydroxyl groups excluding tert-OH is 2. The van der Waals surface area contributed by atoms with E-state index in [1.54, 1.807) is 43.0 Å². The van der Waals surface area contributed by atoms with Crippen molar-refractivity contribution in [2.45, 2.75) is 31.7 Å². The first kappa shape index (κ1) is 25.2. The highest BCUT2D eigenvalue weighted by Crippen LogP contribution is 2.43. The zero-order valence-corrected chi connectivity index (χ0v) is 18.9. The standard InChI is InChI=1S/C23H20F3N3O4S/c1-22(2)20(12-31)28(16-4-3-14(10-27)19(9-16)23(24,25)26)21(34)29(22)15-5-7-18(8-6-15)33-13-17(32)11-30/h3-9,17,30,32H,11,13H2,1-2H3/t17-/m0/s1. The van der Waals surface area contributed by atoms with Gasteiger partial charge in [0.05, 0.1) is 29.3 Å². The molecule has 1 aliphatic rings. The van der Waals surface area contributed by atoms with Gasteiger partial charge >= 0.3 is 6.18 Å². The van der Waals surface area contributed by atoms with Gasteiger partial charge in [-0.15, -0.1) is 0 Å². The molecule has 0 saturated carbocycles. The molecule has 0 amide bonds. The van der Waals surface area contributed by atoms with Crippen LogP contribution in [-0.4, -0.2) is 46.1 Å². The Morgan fingerprint density at radius 2 is 1.79 bits per heavy atom. The van der Waals surface area contributed by atoms with Gasteiger partial charge in [-0.1, -0.05) is 0 Å². The molecule has 2 aromatic rings. The van der Waals surface area contributed by atoms with Gasteiger partial charge < -0.3 is 19.8 Å². The summed E-state index contributed by atoms with van der Waals surface area (Å²) in [5.41, 5.74) is -2.24. The van der Waals surface area contributed by atoms with Gasteiger partial charge in [0.15, 0.2) is 5.11 Å². The van der Waals surface area contributed by atoms with Crippen molar-refractivity contribution in [2.75, 3.05) is 23.0 Å². The number of hydrogen-bond donors (Lipinski definition) is 2. The highest BCUT2D eigenvalue weighted by Gasteiger charge is 2.48. The minimum atomic E-state index is -4.78. The number of nitrogens with zero attached hydrogens (tertiary/aromatic N) is 3. The van der Waals surface area contributed by atoms with Crippen molar-refractivity contribution in [2.24, 2.45) is 0 Å². The summed E-state index contributed by atoms with van der Waals surface area (Å²) < 4.78 is 45.9. The van der Waals surface area contributed by atoms with Crippen LogP contribution in [0.25, 0.3) is 0 Å². The van der Waals surface area contributed by atoms with Crippen LogP contribution >= 0.6 is 12.2 Å². The fraction of sp³-hybridized carbons (Fsp3) is 0.304. The van der Waals surface area contributed by atoms with Crippen molar-refractivity contribution in [3.8, 4) is 11.8 Å². The molecule has 1 heterocycles. The van der Waals surface area contributed by atoms with Gasteiger partial charge in [-0.3, -0.25) is 4.90 Å². The molecule has 2 aromatic carbocycles. The molecular weight excluding hydrogens is 471 g/mol. The molecule has 0 unspecified atom stereocenters. The van der Waals surface area contributed by atoms with E-state index in [9.17, 15) is 23.1 Å². The maximum atomic E-state index is 13.5. The number of benzene rings is 2. The number of nitriles is 1. The highest BCUT2D eigenvalue weighted by molar-refractivity contribution is 7.81. The van der Waals surface area contributed by atoms with Crippen LogP contribution < -0.4 is 14.5 Å². The quantitative estimate of drug-likeness (QED) is 0.469. The summed E-state index contributed by atoms with van der Waals surface area (Å²) in [7, 11) is 0. The third-order valence-corrected chi connectivity index (χ3v) is 5.64. The number of anilines is 2. The van der Waals surface area contributed by atoms with Crippen LogP contribution in [0.4, 0.5) is 24.5 Å². The molecule has 1 aliphatic heterocycles. The fourth-order valence-corrected chi connectivity index (χ4v) is 4.13. The lowest BCUT2D eigenvalue weighted by atomic mass is 9.99. The Balaban J connectivity index is 2.01. The Kier molecular flexibility index (Phi) is 7.00. The van der Waals surface area contributed by atoms with Crippen molar-refractivity contribution in [1.82, 2.24) is 0 Å². The summed E-state index contributed by atoms with van der Waals surface area (Å²) in [4.78, 5) is 14.7. The number of alkyl halides is 3. The van der Waals surface area contributed by atoms with Crippen molar-refractivity contribution in [3.63, 3.8) is 0 Å². The molecule has 1 fully saturated rings. The summed E-state index contributed by atoms with van der Waals surface area (Å²) in [6.45, 7) is 2.79. The number of hydrogen-bond acceptors (Lipinski definition) is 6. The smallest absolute Gasteiger partial charge is 0.417 e. The van der Waals surface area contributed by atoms with Gasteiger partial charge in [0.25, 0.3) is 0 Å². The Morgan fingerprint density at radius 3 is 2.32 bits per heavy atom. The maximum absolute atomic E-state index is 13.5. The molecule has 34 heavy (non-hydrogen) atoms. The topological polar surface area (TPSA) is 97.0 Å². The number of carbonyl (C=O) groups excluding carboxylic acids is 1. The number of aliphatic hydroxyl groups is 2. The number of rotatable bonds is 6. The maximum Gasteiger partial charge on any atom is 0.417 e. The molecule has 1 atom stereocenters. The largest absolute Gasteiger partial charge is 0.491 e. The molecule has 1 saturated heterocycles. The second-order valence-electron chi connectivity index (χ2n) is 7.94. The van der Waals surface area contributed by atoms with Crippen LogP contribution in [-0.2, 0) is 11.0 Å². The molecule has 7 nitrogen and oxygen atoms in total. The van der Waals surface area contributed by atoms with Gasteiger partial charge in [-0.2, -0.15) is 18.4 Å². The summed E-state index contributed by atoms with van der Waals surface area (Å²) >= 11 is 5.56. The molecule has 0 spiro atoms. The average Bonchev–Trinajstić information content (AvgIpc) is 3.00. The van der Waals surface area contributed by atoms with Crippen molar-refractivity contribution in [3.05, 3.63) is 59.3 Å². The van der Waals surface area contributed by atoms with E-state index < -0.39 is 35.6 Å². The number of thiocarbonyl (C=S) groups is 1. The third kappa shape index (κ3) is 4.62. The van der Waals surface area contributed by atoms with Crippen LogP contribution in [0, 0.1) is 11.3 Å². The molecule has 178 valence electrons. The molecule has 0 radical (unpaired) electrons. The lowest BCUT2D eigenvalue weighted by Crippen LogP contribution is -2.41. The fourth-order valence-electron chi connectivity index (χ4n) is 3.60. The predicted octanol–water partition coefficient (Wildman–Crippen LogP) is 3.41. The van der Waals surface area contributed by atoms with Gasteiger partial charge in [0.1, 0.15) is 30.1 Å². The molecule has 11 heteroatoms. The van der Waals surface area contributed by atoms with E-state index in [1.807, 2.05) is 5.94 Å². The van der Waals surface area contributed by atoms with Gasteiger partial charge in [0, 0.05) is 11.4 Å². The second kappa shape index (κ2) is 9.44. The normalized spacial score (nSPS) is 16.3. The molecular formula is C23H20F3N3O4S. The Labute approximate surface area is 198 Å². The minimum Gasteiger partial charge on any atom is -0.491 e. The summed E-state index contributed by atoms with van der Waals surface area (Å²) in [6, 6.07) is 11.1. The summed E-state index contributed by atoms with van der Waals surface area (Å²) in [5, 5.41) is 27.4. The Morgan fingerprint density at radius 1 is 1.18 bits per heavy atom. The van der Waals surface area contributed by atoms with Crippen molar-refractivity contribution < 1.29 is 32.9 Å². The summed E-state index contributed by atoms with van der Waals surface area (Å²) in [5.74, 6) is 2.22. The van der Waals surface area contributed by atoms with Crippen LogP contribution in [0.2, 0.25) is 0 Å². The van der Waals surface area contributed by atoms with E-state index in [1.165, 1.54) is 17.0 Å². The summed E-state index contributed by atoms with van der Waals surface area (Å²) in [6.07, 6.45) is -5.81.